The van der Waals surface area contributed by atoms with E-state index in [9.17, 15) is 18.0 Å². The topological polar surface area (TPSA) is 54.6 Å². The quantitative estimate of drug-likeness (QED) is 0.473. The molecule has 0 radical (unpaired) electrons. The lowest BCUT2D eigenvalue weighted by Crippen LogP contribution is -2.34. The van der Waals surface area contributed by atoms with E-state index in [1.54, 1.807) is 17.0 Å². The molecule has 4 rings (SSSR count). The molecule has 0 bridgehead atoms. The first-order valence-corrected chi connectivity index (χ1v) is 10.4. The summed E-state index contributed by atoms with van der Waals surface area (Å²) in [4.78, 5) is 16.8. The van der Waals surface area contributed by atoms with Crippen LogP contribution in [-0.4, -0.2) is 49.8 Å². The molecule has 1 aliphatic heterocycles. The Morgan fingerprint density at radius 2 is 2.00 bits per heavy atom. The van der Waals surface area contributed by atoms with Crippen molar-refractivity contribution in [1.29, 1.82) is 0 Å². The van der Waals surface area contributed by atoms with Gasteiger partial charge >= 0.3 is 6.61 Å². The number of benzene rings is 2. The Bertz CT molecular complexity index is 1010. The van der Waals surface area contributed by atoms with Crippen molar-refractivity contribution in [2.45, 2.75) is 19.1 Å². The van der Waals surface area contributed by atoms with Crippen LogP contribution in [0.5, 0.6) is 5.75 Å². The average molecular weight is 499 g/mol. The van der Waals surface area contributed by atoms with Crippen LogP contribution >= 0.6 is 15.9 Å². The van der Waals surface area contributed by atoms with Gasteiger partial charge in [0.1, 0.15) is 12.4 Å². The Morgan fingerprint density at radius 1 is 1.26 bits per heavy atom. The number of methoxy groups -OCH3 is 1. The Kier molecular flexibility index (Phi) is 7.97. The molecular weight excluding hydrogens is 477 g/mol. The molecule has 9 heteroatoms. The molecule has 1 N–H and O–H groups in total. The molecule has 1 unspecified atom stereocenters. The SMILES string of the molecule is COCCF.O=CN1CCc2c([nH]c3cc(Br)ccc23)C1c1ccc(OC(F)F)cc1. The minimum Gasteiger partial charge on any atom is -0.435 e. The van der Waals surface area contributed by atoms with Gasteiger partial charge in [-0.3, -0.25) is 4.79 Å². The molecular formula is C22H22BrF3N2O3. The number of aromatic amines is 1. The summed E-state index contributed by atoms with van der Waals surface area (Å²) in [7, 11) is 1.47. The summed E-state index contributed by atoms with van der Waals surface area (Å²) in [6, 6.07) is 12.2. The van der Waals surface area contributed by atoms with Crippen LogP contribution in [0.2, 0.25) is 0 Å². The Morgan fingerprint density at radius 3 is 2.58 bits per heavy atom. The molecule has 0 saturated carbocycles. The van der Waals surface area contributed by atoms with E-state index in [4.69, 9.17) is 0 Å². The minimum absolute atomic E-state index is 0.0954. The van der Waals surface area contributed by atoms with Crippen molar-refractivity contribution in [3.63, 3.8) is 0 Å². The smallest absolute Gasteiger partial charge is 0.387 e. The zero-order valence-electron chi connectivity index (χ0n) is 16.8. The first kappa shape index (κ1) is 23.1. The molecule has 2 heterocycles. The number of fused-ring (bicyclic) bond motifs is 3. The summed E-state index contributed by atoms with van der Waals surface area (Å²) in [5.41, 5.74) is 3.98. The second-order valence-electron chi connectivity index (χ2n) is 6.83. The highest BCUT2D eigenvalue weighted by Gasteiger charge is 2.31. The average Bonchev–Trinajstić information content (AvgIpc) is 3.11. The highest BCUT2D eigenvalue weighted by atomic mass is 79.9. The Balaban J connectivity index is 0.000000491. The number of nitrogens with one attached hydrogen (secondary N) is 1. The molecule has 1 amide bonds. The summed E-state index contributed by atoms with van der Waals surface area (Å²) in [5.74, 6) is 0.0954. The molecule has 5 nitrogen and oxygen atoms in total. The number of alkyl halides is 3. The van der Waals surface area contributed by atoms with E-state index in [-0.39, 0.29) is 25.1 Å². The van der Waals surface area contributed by atoms with Gasteiger partial charge in [-0.1, -0.05) is 34.1 Å². The fraction of sp³-hybridized carbons (Fsp3) is 0.318. The summed E-state index contributed by atoms with van der Waals surface area (Å²) in [5, 5.41) is 1.14. The van der Waals surface area contributed by atoms with E-state index in [1.807, 2.05) is 12.1 Å². The maximum Gasteiger partial charge on any atom is 0.387 e. The number of H-pyrrole nitrogens is 1. The third kappa shape index (κ3) is 5.40. The summed E-state index contributed by atoms with van der Waals surface area (Å²) in [6.07, 6.45) is 1.59. The largest absolute Gasteiger partial charge is 0.435 e. The fourth-order valence-corrected chi connectivity index (χ4v) is 4.03. The van der Waals surface area contributed by atoms with Crippen molar-refractivity contribution in [3.05, 3.63) is 63.8 Å². The standard InChI is InChI=1S/C19H15BrF2N2O2.C3H7FO/c20-12-3-6-14-15-7-8-24(10-25)18(17(15)23-16(14)9-12)11-1-4-13(5-2-11)26-19(21)22;1-5-3-2-4/h1-6,9-10,18-19,23H,7-8H2;2-3H2,1H3. The number of hydrogen-bond donors (Lipinski definition) is 1. The second-order valence-corrected chi connectivity index (χ2v) is 7.75. The maximum atomic E-state index is 12.4. The van der Waals surface area contributed by atoms with Gasteiger partial charge in [-0.25, -0.2) is 4.39 Å². The first-order chi connectivity index (χ1) is 15.0. The molecule has 31 heavy (non-hydrogen) atoms. The summed E-state index contributed by atoms with van der Waals surface area (Å²) >= 11 is 3.48. The van der Waals surface area contributed by atoms with Crippen LogP contribution in [0.4, 0.5) is 13.2 Å². The van der Waals surface area contributed by atoms with E-state index in [0.29, 0.717) is 6.54 Å². The van der Waals surface area contributed by atoms with Crippen LogP contribution in [0.25, 0.3) is 10.9 Å². The molecule has 0 spiro atoms. The summed E-state index contributed by atoms with van der Waals surface area (Å²) in [6.45, 7) is -2.42. The molecule has 0 fully saturated rings. The molecule has 0 saturated heterocycles. The molecule has 0 aliphatic carbocycles. The zero-order valence-corrected chi connectivity index (χ0v) is 18.4. The van der Waals surface area contributed by atoms with Crippen molar-refractivity contribution in [2.75, 3.05) is 26.9 Å². The highest BCUT2D eigenvalue weighted by molar-refractivity contribution is 9.10. The number of carbonyl (C=O) groups is 1. The predicted molar refractivity (Wildman–Crippen MR) is 115 cm³/mol. The van der Waals surface area contributed by atoms with Crippen LogP contribution in [-0.2, 0) is 16.0 Å². The minimum atomic E-state index is -2.86. The van der Waals surface area contributed by atoms with Gasteiger partial charge in [0.05, 0.1) is 12.6 Å². The fourth-order valence-electron chi connectivity index (χ4n) is 3.67. The number of carbonyl (C=O) groups excluding carboxylic acids is 1. The van der Waals surface area contributed by atoms with Crippen LogP contribution < -0.4 is 4.74 Å². The summed E-state index contributed by atoms with van der Waals surface area (Å²) < 4.78 is 45.3. The number of halogens is 4. The number of nitrogens with zero attached hydrogens (tertiary/aromatic N) is 1. The number of ether oxygens (including phenoxy) is 2. The normalized spacial score (nSPS) is 15.4. The third-order valence-corrected chi connectivity index (χ3v) is 5.46. The molecule has 2 aromatic carbocycles. The Labute approximate surface area is 186 Å². The van der Waals surface area contributed by atoms with Crippen molar-refractivity contribution in [3.8, 4) is 5.75 Å². The lowest BCUT2D eigenvalue weighted by Gasteiger charge is -2.33. The van der Waals surface area contributed by atoms with Crippen LogP contribution in [0.1, 0.15) is 22.9 Å². The van der Waals surface area contributed by atoms with Crippen molar-refractivity contribution in [2.24, 2.45) is 0 Å². The van der Waals surface area contributed by atoms with Gasteiger partial charge in [-0.05, 0) is 41.8 Å². The van der Waals surface area contributed by atoms with Crippen molar-refractivity contribution >= 4 is 33.2 Å². The number of hydrogen-bond acceptors (Lipinski definition) is 3. The van der Waals surface area contributed by atoms with Crippen LogP contribution in [0.15, 0.2) is 46.9 Å². The van der Waals surface area contributed by atoms with Gasteiger partial charge in [0.15, 0.2) is 0 Å². The van der Waals surface area contributed by atoms with Gasteiger partial charge in [0.2, 0.25) is 6.41 Å². The third-order valence-electron chi connectivity index (χ3n) is 4.96. The lowest BCUT2D eigenvalue weighted by molar-refractivity contribution is -0.120. The van der Waals surface area contributed by atoms with Crippen molar-refractivity contribution < 1.29 is 27.4 Å². The first-order valence-electron chi connectivity index (χ1n) is 9.59. The Hall–Kier alpha value is -2.52. The van der Waals surface area contributed by atoms with E-state index in [1.165, 1.54) is 24.8 Å². The van der Waals surface area contributed by atoms with Crippen LogP contribution in [0.3, 0.4) is 0 Å². The van der Waals surface area contributed by atoms with Gasteiger partial charge in [0.25, 0.3) is 0 Å². The number of rotatable bonds is 6. The lowest BCUT2D eigenvalue weighted by atomic mass is 9.93. The van der Waals surface area contributed by atoms with Gasteiger partial charge in [0, 0.05) is 34.7 Å². The number of aromatic nitrogens is 1. The zero-order chi connectivity index (χ0) is 22.4. The molecule has 1 aliphatic rings. The van der Waals surface area contributed by atoms with E-state index in [2.05, 4.69) is 36.5 Å². The predicted octanol–water partition coefficient (Wildman–Crippen LogP) is 5.24. The van der Waals surface area contributed by atoms with E-state index < -0.39 is 6.61 Å². The van der Waals surface area contributed by atoms with Gasteiger partial charge in [-0.2, -0.15) is 8.78 Å². The van der Waals surface area contributed by atoms with E-state index in [0.717, 1.165) is 39.5 Å². The molecule has 3 aromatic rings. The monoisotopic (exact) mass is 498 g/mol. The van der Waals surface area contributed by atoms with E-state index >= 15 is 0 Å². The second kappa shape index (κ2) is 10.7. The molecule has 1 aromatic heterocycles. The van der Waals surface area contributed by atoms with Crippen LogP contribution in [0, 0.1) is 0 Å². The molecule has 1 atom stereocenters. The van der Waals surface area contributed by atoms with Crippen molar-refractivity contribution in [1.82, 2.24) is 9.88 Å². The maximum absolute atomic E-state index is 12.4. The molecule has 166 valence electrons. The van der Waals surface area contributed by atoms with Gasteiger partial charge < -0.3 is 19.4 Å². The van der Waals surface area contributed by atoms with Gasteiger partial charge in [-0.15, -0.1) is 0 Å². The highest BCUT2D eigenvalue weighted by Crippen LogP contribution is 2.38. The number of amides is 1.